The zero-order chi connectivity index (χ0) is 18.5. The topological polar surface area (TPSA) is 79.2 Å². The first-order chi connectivity index (χ1) is 13.3. The number of tetrazole rings is 1. The minimum atomic E-state index is 0.302. The third-order valence-electron chi connectivity index (χ3n) is 5.55. The molecule has 3 heterocycles. The van der Waals surface area contributed by atoms with E-state index in [0.29, 0.717) is 24.8 Å². The standard InChI is InChI=1S/C19H27N7O/c27-19(7-6-16-8-9-20-14-16)25-12-10-24(11-13-25)15-18-21-22-23-26(18)17-4-2-1-3-5-17/h1-5,16,20H,6-15H2. The summed E-state index contributed by atoms with van der Waals surface area (Å²) < 4.78 is 1.78. The van der Waals surface area contributed by atoms with Crippen LogP contribution in [0.25, 0.3) is 5.69 Å². The summed E-state index contributed by atoms with van der Waals surface area (Å²) >= 11 is 0. The van der Waals surface area contributed by atoms with E-state index in [0.717, 1.165) is 57.2 Å². The average Bonchev–Trinajstić information content (AvgIpc) is 3.39. The number of aromatic nitrogens is 4. The summed E-state index contributed by atoms with van der Waals surface area (Å²) in [6.07, 6.45) is 2.90. The summed E-state index contributed by atoms with van der Waals surface area (Å²) in [7, 11) is 0. The van der Waals surface area contributed by atoms with Crippen LogP contribution >= 0.6 is 0 Å². The molecule has 2 saturated heterocycles. The predicted molar refractivity (Wildman–Crippen MR) is 101 cm³/mol. The first kappa shape index (κ1) is 18.1. The van der Waals surface area contributed by atoms with Gasteiger partial charge in [-0.25, -0.2) is 0 Å². The molecule has 1 atom stereocenters. The van der Waals surface area contributed by atoms with Crippen LogP contribution in [0.1, 0.15) is 25.1 Å². The lowest BCUT2D eigenvalue weighted by Gasteiger charge is -2.34. The number of carbonyl (C=O) groups is 1. The van der Waals surface area contributed by atoms with Crippen molar-refractivity contribution in [2.75, 3.05) is 39.3 Å². The van der Waals surface area contributed by atoms with Gasteiger partial charge in [-0.3, -0.25) is 9.69 Å². The van der Waals surface area contributed by atoms with Crippen molar-refractivity contribution >= 4 is 5.91 Å². The van der Waals surface area contributed by atoms with Crippen molar-refractivity contribution < 1.29 is 4.79 Å². The monoisotopic (exact) mass is 369 g/mol. The van der Waals surface area contributed by atoms with Crippen molar-refractivity contribution in [2.45, 2.75) is 25.8 Å². The first-order valence-electron chi connectivity index (χ1n) is 9.83. The van der Waals surface area contributed by atoms with E-state index in [1.54, 1.807) is 4.68 Å². The van der Waals surface area contributed by atoms with Gasteiger partial charge in [0.1, 0.15) is 0 Å². The molecule has 0 saturated carbocycles. The molecule has 0 bridgehead atoms. The lowest BCUT2D eigenvalue weighted by atomic mass is 10.0. The third kappa shape index (κ3) is 4.51. The van der Waals surface area contributed by atoms with Gasteiger partial charge in [0.2, 0.25) is 5.91 Å². The molecular formula is C19H27N7O. The molecule has 4 rings (SSSR count). The molecule has 8 heteroatoms. The highest BCUT2D eigenvalue weighted by molar-refractivity contribution is 5.76. The maximum absolute atomic E-state index is 12.5. The van der Waals surface area contributed by atoms with Crippen molar-refractivity contribution in [1.82, 2.24) is 35.3 Å². The zero-order valence-electron chi connectivity index (χ0n) is 15.6. The van der Waals surface area contributed by atoms with Gasteiger partial charge in [0.05, 0.1) is 12.2 Å². The summed E-state index contributed by atoms with van der Waals surface area (Å²) in [6.45, 7) is 6.15. The van der Waals surface area contributed by atoms with Crippen LogP contribution in [0.3, 0.4) is 0 Å². The fourth-order valence-electron chi connectivity index (χ4n) is 3.88. The van der Waals surface area contributed by atoms with Gasteiger partial charge in [-0.2, -0.15) is 4.68 Å². The molecule has 2 aliphatic rings. The van der Waals surface area contributed by atoms with Crippen molar-refractivity contribution in [2.24, 2.45) is 5.92 Å². The molecule has 1 aromatic heterocycles. The van der Waals surface area contributed by atoms with E-state index in [1.165, 1.54) is 6.42 Å². The Morgan fingerprint density at radius 3 is 2.70 bits per heavy atom. The number of piperazine rings is 1. The zero-order valence-corrected chi connectivity index (χ0v) is 15.6. The Balaban J connectivity index is 1.26. The molecule has 144 valence electrons. The number of nitrogens with zero attached hydrogens (tertiary/aromatic N) is 6. The van der Waals surface area contributed by atoms with Crippen LogP contribution in [-0.4, -0.2) is 75.2 Å². The van der Waals surface area contributed by atoms with Gasteiger partial charge in [0, 0.05) is 32.6 Å². The maximum atomic E-state index is 12.5. The lowest BCUT2D eigenvalue weighted by molar-refractivity contribution is -0.133. The van der Waals surface area contributed by atoms with E-state index in [1.807, 2.05) is 35.2 Å². The summed E-state index contributed by atoms with van der Waals surface area (Å²) in [5, 5.41) is 15.5. The van der Waals surface area contributed by atoms with Crippen LogP contribution in [0.2, 0.25) is 0 Å². The van der Waals surface area contributed by atoms with Crippen molar-refractivity contribution in [3.8, 4) is 5.69 Å². The Bertz CT molecular complexity index is 734. The van der Waals surface area contributed by atoms with E-state index in [4.69, 9.17) is 0 Å². The van der Waals surface area contributed by atoms with Gasteiger partial charge >= 0.3 is 0 Å². The lowest BCUT2D eigenvalue weighted by Crippen LogP contribution is -2.48. The molecular weight excluding hydrogens is 342 g/mol. The normalized spacial score (nSPS) is 20.9. The number of hydrogen-bond donors (Lipinski definition) is 1. The molecule has 2 aliphatic heterocycles. The number of nitrogens with one attached hydrogen (secondary N) is 1. The smallest absolute Gasteiger partial charge is 0.222 e. The number of hydrogen-bond acceptors (Lipinski definition) is 6. The second-order valence-corrected chi connectivity index (χ2v) is 7.40. The van der Waals surface area contributed by atoms with Crippen molar-refractivity contribution in [1.29, 1.82) is 0 Å². The van der Waals surface area contributed by atoms with Crippen LogP contribution in [-0.2, 0) is 11.3 Å². The Morgan fingerprint density at radius 1 is 1.15 bits per heavy atom. The summed E-state index contributed by atoms with van der Waals surface area (Å²) in [6, 6.07) is 9.93. The second kappa shape index (κ2) is 8.58. The van der Waals surface area contributed by atoms with Gasteiger partial charge in [0.15, 0.2) is 5.82 Å². The Labute approximate surface area is 159 Å². The molecule has 2 aromatic rings. The van der Waals surface area contributed by atoms with Gasteiger partial charge < -0.3 is 10.2 Å². The quantitative estimate of drug-likeness (QED) is 0.807. The maximum Gasteiger partial charge on any atom is 0.222 e. The largest absolute Gasteiger partial charge is 0.340 e. The molecule has 0 spiro atoms. The highest BCUT2D eigenvalue weighted by atomic mass is 16.2. The predicted octanol–water partition coefficient (Wildman–Crippen LogP) is 0.696. The molecule has 1 N–H and O–H groups in total. The summed E-state index contributed by atoms with van der Waals surface area (Å²) in [4.78, 5) is 16.8. The van der Waals surface area contributed by atoms with E-state index in [9.17, 15) is 4.79 Å². The number of carbonyl (C=O) groups excluding carboxylic acids is 1. The Morgan fingerprint density at radius 2 is 1.96 bits per heavy atom. The number of benzene rings is 1. The number of amides is 1. The minimum absolute atomic E-state index is 0.302. The fraction of sp³-hybridized carbons (Fsp3) is 0.579. The summed E-state index contributed by atoms with van der Waals surface area (Å²) in [5.41, 5.74) is 0.965. The van der Waals surface area contributed by atoms with Gasteiger partial charge in [-0.1, -0.05) is 18.2 Å². The van der Waals surface area contributed by atoms with Gasteiger partial charge in [0.25, 0.3) is 0 Å². The molecule has 8 nitrogen and oxygen atoms in total. The molecule has 0 aliphatic carbocycles. The van der Waals surface area contributed by atoms with Crippen LogP contribution in [0.15, 0.2) is 30.3 Å². The number of para-hydroxylation sites is 1. The van der Waals surface area contributed by atoms with E-state index < -0.39 is 0 Å². The Kier molecular flexibility index (Phi) is 5.74. The van der Waals surface area contributed by atoms with Crippen LogP contribution in [0.5, 0.6) is 0 Å². The SMILES string of the molecule is O=C(CCC1CCNC1)N1CCN(Cc2nnnn2-c2ccccc2)CC1. The third-order valence-corrected chi connectivity index (χ3v) is 5.55. The average molecular weight is 369 g/mol. The van der Waals surface area contributed by atoms with Crippen molar-refractivity contribution in [3.05, 3.63) is 36.2 Å². The second-order valence-electron chi connectivity index (χ2n) is 7.40. The van der Waals surface area contributed by atoms with E-state index in [2.05, 4.69) is 25.7 Å². The van der Waals surface area contributed by atoms with Crippen LogP contribution in [0, 0.1) is 5.92 Å². The summed E-state index contributed by atoms with van der Waals surface area (Å²) in [5.74, 6) is 1.80. The molecule has 2 fully saturated rings. The Hall–Kier alpha value is -2.32. The van der Waals surface area contributed by atoms with E-state index >= 15 is 0 Å². The molecule has 1 amide bonds. The minimum Gasteiger partial charge on any atom is -0.340 e. The van der Waals surface area contributed by atoms with Crippen LogP contribution in [0.4, 0.5) is 0 Å². The van der Waals surface area contributed by atoms with Gasteiger partial charge in [-0.15, -0.1) is 5.10 Å². The van der Waals surface area contributed by atoms with E-state index in [-0.39, 0.29) is 0 Å². The molecule has 0 radical (unpaired) electrons. The highest BCUT2D eigenvalue weighted by Crippen LogP contribution is 2.16. The number of rotatable bonds is 6. The molecule has 1 unspecified atom stereocenters. The molecule has 1 aromatic carbocycles. The molecule has 27 heavy (non-hydrogen) atoms. The van der Waals surface area contributed by atoms with Gasteiger partial charge in [-0.05, 0) is 54.4 Å². The van der Waals surface area contributed by atoms with Crippen LogP contribution < -0.4 is 5.32 Å². The fourth-order valence-corrected chi connectivity index (χ4v) is 3.88. The highest BCUT2D eigenvalue weighted by Gasteiger charge is 2.24. The van der Waals surface area contributed by atoms with Crippen molar-refractivity contribution in [3.63, 3.8) is 0 Å². The first-order valence-corrected chi connectivity index (χ1v) is 9.83.